The number of hydrogen-bond donors (Lipinski definition) is 2. The maximum Gasteiger partial charge on any atom is 0.337 e. The van der Waals surface area contributed by atoms with Crippen LogP contribution in [0.5, 0.6) is 0 Å². The lowest BCUT2D eigenvalue weighted by Gasteiger charge is -2.09. The Balaban J connectivity index is 2.16. The van der Waals surface area contributed by atoms with Crippen LogP contribution >= 0.6 is 0 Å². The number of carboxylic acids is 1. The molecule has 19 heavy (non-hydrogen) atoms. The molecule has 2 aromatic rings. The molecule has 0 bridgehead atoms. The lowest BCUT2D eigenvalue weighted by atomic mass is 10.1. The van der Waals surface area contributed by atoms with Gasteiger partial charge in [0.05, 0.1) is 5.56 Å². The number of nitrogens with one attached hydrogen (secondary N) is 1. The molecule has 3 nitrogen and oxygen atoms in total. The molecule has 2 rings (SSSR count). The Morgan fingerprint density at radius 1 is 1.11 bits per heavy atom. The summed E-state index contributed by atoms with van der Waals surface area (Å²) in [5.41, 5.74) is 0.914. The van der Waals surface area contributed by atoms with Crippen molar-refractivity contribution in [1.82, 2.24) is 0 Å². The van der Waals surface area contributed by atoms with Gasteiger partial charge in [-0.05, 0) is 29.8 Å². The van der Waals surface area contributed by atoms with Crippen molar-refractivity contribution in [2.75, 3.05) is 5.32 Å². The molecule has 0 unspecified atom stereocenters. The molecule has 2 N–H and O–H groups in total. The number of hydrogen-bond acceptors (Lipinski definition) is 2. The third-order valence-corrected chi connectivity index (χ3v) is 2.56. The molecule has 5 heteroatoms. The molecule has 0 fully saturated rings. The number of carboxylic acid groups (broad SMARTS) is 1. The van der Waals surface area contributed by atoms with E-state index < -0.39 is 17.6 Å². The van der Waals surface area contributed by atoms with E-state index in [4.69, 9.17) is 5.11 Å². The molecule has 0 aliphatic heterocycles. The number of anilines is 1. The van der Waals surface area contributed by atoms with Crippen molar-refractivity contribution < 1.29 is 18.7 Å². The molecule has 98 valence electrons. The first-order valence-electron chi connectivity index (χ1n) is 5.57. The number of benzene rings is 2. The fraction of sp³-hybridized carbons (Fsp3) is 0.0714. The highest BCUT2D eigenvalue weighted by Crippen LogP contribution is 2.16. The van der Waals surface area contributed by atoms with Gasteiger partial charge in [0.25, 0.3) is 0 Å². The molecule has 0 aliphatic rings. The van der Waals surface area contributed by atoms with E-state index in [9.17, 15) is 13.6 Å². The van der Waals surface area contributed by atoms with Gasteiger partial charge in [0.1, 0.15) is 11.6 Å². The molecule has 0 spiro atoms. The Hall–Kier alpha value is -2.43. The molecule has 0 aliphatic carbocycles. The van der Waals surface area contributed by atoms with Crippen molar-refractivity contribution in [3.63, 3.8) is 0 Å². The molecule has 0 atom stereocenters. The minimum Gasteiger partial charge on any atom is -0.478 e. The van der Waals surface area contributed by atoms with Crippen LogP contribution in [0.2, 0.25) is 0 Å². The van der Waals surface area contributed by atoms with Gasteiger partial charge in [0.2, 0.25) is 0 Å². The van der Waals surface area contributed by atoms with E-state index in [0.29, 0.717) is 11.3 Å². The Morgan fingerprint density at radius 2 is 1.74 bits per heavy atom. The Morgan fingerprint density at radius 3 is 2.37 bits per heavy atom. The van der Waals surface area contributed by atoms with Crippen molar-refractivity contribution in [3.05, 3.63) is 65.2 Å². The van der Waals surface area contributed by atoms with E-state index in [1.54, 1.807) is 18.2 Å². The Labute approximate surface area is 108 Å². The summed E-state index contributed by atoms with van der Waals surface area (Å²) in [4.78, 5) is 11.0. The maximum atomic E-state index is 13.0. The summed E-state index contributed by atoms with van der Waals surface area (Å²) in [6.45, 7) is 0.138. The van der Waals surface area contributed by atoms with Gasteiger partial charge in [0.15, 0.2) is 0 Å². The fourth-order valence-corrected chi connectivity index (χ4v) is 1.73. The van der Waals surface area contributed by atoms with Gasteiger partial charge in [-0.25, -0.2) is 13.6 Å². The average molecular weight is 263 g/mol. The molecule has 2 aromatic carbocycles. The molecule has 0 radical (unpaired) electrons. The summed E-state index contributed by atoms with van der Waals surface area (Å²) < 4.78 is 26.0. The van der Waals surface area contributed by atoms with Crippen LogP contribution in [0.3, 0.4) is 0 Å². The van der Waals surface area contributed by atoms with Crippen molar-refractivity contribution >= 4 is 11.7 Å². The summed E-state index contributed by atoms with van der Waals surface area (Å²) in [6.07, 6.45) is 0. The summed E-state index contributed by atoms with van der Waals surface area (Å²) >= 11 is 0. The number of rotatable bonds is 4. The minimum absolute atomic E-state index is 0.111. The number of para-hydroxylation sites is 1. The Kier molecular flexibility index (Phi) is 3.75. The SMILES string of the molecule is O=C(O)c1ccccc1NCc1cc(F)cc(F)c1. The zero-order valence-corrected chi connectivity index (χ0v) is 9.86. The summed E-state index contributed by atoms with van der Waals surface area (Å²) in [7, 11) is 0. The highest BCUT2D eigenvalue weighted by atomic mass is 19.1. The highest BCUT2D eigenvalue weighted by molar-refractivity contribution is 5.94. The molecule has 0 amide bonds. The van der Waals surface area contributed by atoms with Crippen LogP contribution < -0.4 is 5.32 Å². The van der Waals surface area contributed by atoms with Crippen LogP contribution in [0.1, 0.15) is 15.9 Å². The van der Waals surface area contributed by atoms with Gasteiger partial charge in [-0.1, -0.05) is 12.1 Å². The second kappa shape index (κ2) is 5.48. The van der Waals surface area contributed by atoms with Crippen molar-refractivity contribution in [3.8, 4) is 0 Å². The lowest BCUT2D eigenvalue weighted by molar-refractivity contribution is 0.0698. The molecule has 0 aromatic heterocycles. The second-order valence-corrected chi connectivity index (χ2v) is 3.98. The molecule has 0 heterocycles. The smallest absolute Gasteiger partial charge is 0.337 e. The van der Waals surface area contributed by atoms with Crippen LogP contribution in [0.25, 0.3) is 0 Å². The second-order valence-electron chi connectivity index (χ2n) is 3.98. The number of carbonyl (C=O) groups is 1. The maximum absolute atomic E-state index is 13.0. The largest absolute Gasteiger partial charge is 0.478 e. The summed E-state index contributed by atoms with van der Waals surface area (Å²) in [6, 6.07) is 9.51. The zero-order chi connectivity index (χ0) is 13.8. The van der Waals surface area contributed by atoms with E-state index >= 15 is 0 Å². The van der Waals surface area contributed by atoms with E-state index in [1.807, 2.05) is 0 Å². The van der Waals surface area contributed by atoms with Crippen LogP contribution in [0.15, 0.2) is 42.5 Å². The first-order valence-corrected chi connectivity index (χ1v) is 5.57. The van der Waals surface area contributed by atoms with Gasteiger partial charge in [-0.3, -0.25) is 0 Å². The van der Waals surface area contributed by atoms with E-state index in [0.717, 1.165) is 6.07 Å². The fourth-order valence-electron chi connectivity index (χ4n) is 1.73. The summed E-state index contributed by atoms with van der Waals surface area (Å²) in [5, 5.41) is 11.8. The highest BCUT2D eigenvalue weighted by Gasteiger charge is 2.08. The van der Waals surface area contributed by atoms with Gasteiger partial charge >= 0.3 is 5.97 Å². The first-order chi connectivity index (χ1) is 9.06. The monoisotopic (exact) mass is 263 g/mol. The third kappa shape index (κ3) is 3.28. The predicted molar refractivity (Wildman–Crippen MR) is 67.1 cm³/mol. The number of halogens is 2. The third-order valence-electron chi connectivity index (χ3n) is 2.56. The van der Waals surface area contributed by atoms with E-state index in [-0.39, 0.29) is 12.1 Å². The standard InChI is InChI=1S/C14H11F2NO2/c15-10-5-9(6-11(16)7-10)8-17-13-4-2-1-3-12(13)14(18)19/h1-7,17H,8H2,(H,18,19). The van der Waals surface area contributed by atoms with Crippen LogP contribution in [-0.4, -0.2) is 11.1 Å². The van der Waals surface area contributed by atoms with Gasteiger partial charge in [-0.15, -0.1) is 0 Å². The molecule has 0 saturated heterocycles. The van der Waals surface area contributed by atoms with Crippen molar-refractivity contribution in [2.45, 2.75) is 6.54 Å². The van der Waals surface area contributed by atoms with Gasteiger partial charge < -0.3 is 10.4 Å². The van der Waals surface area contributed by atoms with Crippen molar-refractivity contribution in [1.29, 1.82) is 0 Å². The van der Waals surface area contributed by atoms with Gasteiger partial charge in [-0.2, -0.15) is 0 Å². The number of aromatic carboxylic acids is 1. The Bertz CT molecular complexity index is 594. The quantitative estimate of drug-likeness (QED) is 0.890. The van der Waals surface area contributed by atoms with Gasteiger partial charge in [0, 0.05) is 18.3 Å². The topological polar surface area (TPSA) is 49.3 Å². The normalized spacial score (nSPS) is 10.2. The van der Waals surface area contributed by atoms with Crippen molar-refractivity contribution in [2.24, 2.45) is 0 Å². The van der Waals surface area contributed by atoms with Crippen LogP contribution in [0, 0.1) is 11.6 Å². The first kappa shape index (κ1) is 13.0. The van der Waals surface area contributed by atoms with Crippen LogP contribution in [0.4, 0.5) is 14.5 Å². The van der Waals surface area contributed by atoms with E-state index in [1.165, 1.54) is 18.2 Å². The lowest BCUT2D eigenvalue weighted by Crippen LogP contribution is -2.06. The summed E-state index contributed by atoms with van der Waals surface area (Å²) in [5.74, 6) is -2.39. The zero-order valence-electron chi connectivity index (χ0n) is 9.86. The predicted octanol–water partition coefficient (Wildman–Crippen LogP) is 3.28. The van der Waals surface area contributed by atoms with E-state index in [2.05, 4.69) is 5.32 Å². The molecular formula is C14H11F2NO2. The average Bonchev–Trinajstić information content (AvgIpc) is 2.35. The minimum atomic E-state index is -1.06. The molecule has 0 saturated carbocycles. The molecular weight excluding hydrogens is 252 g/mol. The van der Waals surface area contributed by atoms with Crippen LogP contribution in [-0.2, 0) is 6.54 Å².